The first-order valence-electron chi connectivity index (χ1n) is 9.32. The molecule has 1 atom stereocenters. The highest BCUT2D eigenvalue weighted by molar-refractivity contribution is 7.89. The molecule has 1 fully saturated rings. The Bertz CT molecular complexity index is 919. The number of piperidine rings is 1. The Morgan fingerprint density at radius 3 is 2.46 bits per heavy atom. The molecule has 1 N–H and O–H groups in total. The summed E-state index contributed by atoms with van der Waals surface area (Å²) in [4.78, 5) is 17.2. The van der Waals surface area contributed by atoms with Gasteiger partial charge in [0.05, 0.1) is 5.75 Å². The molecule has 1 saturated heterocycles. The van der Waals surface area contributed by atoms with Crippen molar-refractivity contribution in [2.24, 2.45) is 13.0 Å². The van der Waals surface area contributed by atoms with Gasteiger partial charge in [0, 0.05) is 38.4 Å². The van der Waals surface area contributed by atoms with Crippen molar-refractivity contribution >= 4 is 15.9 Å². The second kappa shape index (κ2) is 8.40. The summed E-state index contributed by atoms with van der Waals surface area (Å²) < 4.78 is 40.6. The van der Waals surface area contributed by atoms with Gasteiger partial charge in [-0.3, -0.25) is 4.79 Å². The highest BCUT2D eigenvalue weighted by Gasteiger charge is 2.32. The van der Waals surface area contributed by atoms with E-state index in [-0.39, 0.29) is 23.4 Å². The van der Waals surface area contributed by atoms with Crippen LogP contribution in [0.4, 0.5) is 4.39 Å². The lowest BCUT2D eigenvalue weighted by Crippen LogP contribution is -2.44. The van der Waals surface area contributed by atoms with Crippen molar-refractivity contribution in [2.75, 3.05) is 18.8 Å². The highest BCUT2D eigenvalue weighted by atomic mass is 32.2. The predicted octanol–water partition coefficient (Wildman–Crippen LogP) is 1.83. The molecule has 7 nitrogen and oxygen atoms in total. The van der Waals surface area contributed by atoms with Gasteiger partial charge in [-0.1, -0.05) is 12.1 Å². The number of aromatic nitrogens is 2. The lowest BCUT2D eigenvalue weighted by atomic mass is 9.96. The summed E-state index contributed by atoms with van der Waals surface area (Å²) in [7, 11) is -1.40. The topological polar surface area (TPSA) is 84.3 Å². The molecule has 1 aromatic heterocycles. The fourth-order valence-electron chi connectivity index (χ4n) is 3.45. The average Bonchev–Trinajstić information content (AvgIpc) is 3.12. The monoisotopic (exact) mass is 408 g/mol. The van der Waals surface area contributed by atoms with E-state index in [9.17, 15) is 17.6 Å². The Morgan fingerprint density at radius 2 is 1.93 bits per heavy atom. The molecule has 1 aliphatic rings. The van der Waals surface area contributed by atoms with Crippen molar-refractivity contribution in [3.63, 3.8) is 0 Å². The molecule has 1 aromatic carbocycles. The quantitative estimate of drug-likeness (QED) is 0.790. The summed E-state index contributed by atoms with van der Waals surface area (Å²) in [5.74, 6) is -0.0584. The van der Waals surface area contributed by atoms with E-state index in [1.165, 1.54) is 16.4 Å². The summed E-state index contributed by atoms with van der Waals surface area (Å²) in [5, 5.41) is 3.02. The molecule has 9 heteroatoms. The summed E-state index contributed by atoms with van der Waals surface area (Å²) in [6.45, 7) is 2.31. The fraction of sp³-hybridized carbons (Fsp3) is 0.474. The van der Waals surface area contributed by atoms with E-state index < -0.39 is 16.1 Å². The molecule has 2 heterocycles. The van der Waals surface area contributed by atoms with E-state index in [0.29, 0.717) is 31.8 Å². The summed E-state index contributed by atoms with van der Waals surface area (Å²) in [6.07, 6.45) is 4.38. The third kappa shape index (κ3) is 4.41. The number of amides is 1. The summed E-state index contributed by atoms with van der Waals surface area (Å²) >= 11 is 0. The van der Waals surface area contributed by atoms with Crippen molar-refractivity contribution in [2.45, 2.75) is 25.8 Å². The van der Waals surface area contributed by atoms with E-state index in [1.807, 2.05) is 11.6 Å². The van der Waals surface area contributed by atoms with Crippen molar-refractivity contribution in [1.29, 1.82) is 0 Å². The molecule has 152 valence electrons. The number of aryl methyl sites for hydroxylation is 1. The van der Waals surface area contributed by atoms with Crippen LogP contribution in [-0.2, 0) is 21.9 Å². The summed E-state index contributed by atoms with van der Waals surface area (Å²) in [6, 6.07) is 5.46. The standard InChI is InChI=1S/C19H25FN4O3S/c1-3-28(26,27)24-11-8-15(9-12-24)19(25)22-17(18-21-10-13-23(18)2)14-4-6-16(20)7-5-14/h4-7,10,13,15,17H,3,8-9,11-12H2,1-2H3,(H,22,25). The number of hydrogen-bond acceptors (Lipinski definition) is 4. The SMILES string of the molecule is CCS(=O)(=O)N1CCC(C(=O)NC(c2ccc(F)cc2)c2nccn2C)CC1. The number of sulfonamides is 1. The van der Waals surface area contributed by atoms with Crippen LogP contribution in [0.2, 0.25) is 0 Å². The number of nitrogens with zero attached hydrogens (tertiary/aromatic N) is 3. The molecule has 2 aromatic rings. The largest absolute Gasteiger partial charge is 0.342 e. The Kier molecular flexibility index (Phi) is 6.14. The first-order valence-corrected chi connectivity index (χ1v) is 10.9. The van der Waals surface area contributed by atoms with Gasteiger partial charge in [-0.15, -0.1) is 0 Å². The maximum Gasteiger partial charge on any atom is 0.224 e. The number of carbonyl (C=O) groups excluding carboxylic acids is 1. The molecule has 0 spiro atoms. The normalized spacial score (nSPS) is 17.4. The smallest absolute Gasteiger partial charge is 0.224 e. The molecule has 1 unspecified atom stereocenters. The van der Waals surface area contributed by atoms with Gasteiger partial charge in [-0.05, 0) is 37.5 Å². The number of rotatable bonds is 6. The van der Waals surface area contributed by atoms with Crippen LogP contribution in [0.5, 0.6) is 0 Å². The highest BCUT2D eigenvalue weighted by Crippen LogP contribution is 2.24. The maximum absolute atomic E-state index is 13.3. The first kappa shape index (κ1) is 20.5. The predicted molar refractivity (Wildman–Crippen MR) is 103 cm³/mol. The van der Waals surface area contributed by atoms with Gasteiger partial charge in [-0.25, -0.2) is 22.1 Å². The molecule has 1 amide bonds. The number of imidazole rings is 1. The molecule has 1 aliphatic heterocycles. The van der Waals surface area contributed by atoms with Crippen molar-refractivity contribution in [1.82, 2.24) is 19.2 Å². The van der Waals surface area contributed by atoms with Gasteiger partial charge < -0.3 is 9.88 Å². The Balaban J connectivity index is 1.74. The number of halogens is 1. The minimum absolute atomic E-state index is 0.0651. The number of benzene rings is 1. The Morgan fingerprint density at radius 1 is 1.29 bits per heavy atom. The van der Waals surface area contributed by atoms with Gasteiger partial charge in [0.1, 0.15) is 17.7 Å². The van der Waals surface area contributed by atoms with Gasteiger partial charge in [0.2, 0.25) is 15.9 Å². The maximum atomic E-state index is 13.3. The van der Waals surface area contributed by atoms with Crippen LogP contribution in [-0.4, -0.2) is 47.0 Å². The molecular formula is C19H25FN4O3S. The molecule has 0 aliphatic carbocycles. The minimum Gasteiger partial charge on any atom is -0.342 e. The third-order valence-corrected chi connectivity index (χ3v) is 7.07. The Hall–Kier alpha value is -2.26. The minimum atomic E-state index is -3.23. The van der Waals surface area contributed by atoms with Gasteiger partial charge in [0.15, 0.2) is 0 Å². The van der Waals surface area contributed by atoms with E-state index in [2.05, 4.69) is 10.3 Å². The van der Waals surface area contributed by atoms with Crippen molar-refractivity contribution in [3.8, 4) is 0 Å². The molecule has 0 bridgehead atoms. The van der Waals surface area contributed by atoms with Crippen LogP contribution in [0.25, 0.3) is 0 Å². The lowest BCUT2D eigenvalue weighted by Gasteiger charge is -2.31. The fourth-order valence-corrected chi connectivity index (χ4v) is 4.58. The molecule has 0 radical (unpaired) electrons. The van der Waals surface area contributed by atoms with Crippen molar-refractivity contribution in [3.05, 3.63) is 53.9 Å². The van der Waals surface area contributed by atoms with E-state index in [4.69, 9.17) is 0 Å². The van der Waals surface area contributed by atoms with Crippen LogP contribution in [0, 0.1) is 11.7 Å². The molecule has 0 saturated carbocycles. The van der Waals surface area contributed by atoms with Crippen LogP contribution < -0.4 is 5.32 Å². The lowest BCUT2D eigenvalue weighted by molar-refractivity contribution is -0.126. The van der Waals surface area contributed by atoms with E-state index in [0.717, 1.165) is 5.56 Å². The average molecular weight is 408 g/mol. The van der Waals surface area contributed by atoms with Crippen LogP contribution in [0.15, 0.2) is 36.7 Å². The second-order valence-electron chi connectivity index (χ2n) is 6.96. The van der Waals surface area contributed by atoms with Crippen LogP contribution >= 0.6 is 0 Å². The number of nitrogens with one attached hydrogen (secondary N) is 1. The number of carbonyl (C=O) groups is 1. The summed E-state index contributed by atoms with van der Waals surface area (Å²) in [5.41, 5.74) is 0.732. The van der Waals surface area contributed by atoms with E-state index in [1.54, 1.807) is 31.5 Å². The zero-order chi connectivity index (χ0) is 20.3. The van der Waals surface area contributed by atoms with Crippen LogP contribution in [0.1, 0.15) is 37.2 Å². The molecule has 3 rings (SSSR count). The molecular weight excluding hydrogens is 383 g/mol. The zero-order valence-corrected chi connectivity index (χ0v) is 16.8. The second-order valence-corrected chi connectivity index (χ2v) is 9.22. The van der Waals surface area contributed by atoms with Gasteiger partial charge in [0.25, 0.3) is 0 Å². The first-order chi connectivity index (χ1) is 13.3. The molecule has 28 heavy (non-hydrogen) atoms. The van der Waals surface area contributed by atoms with Gasteiger partial charge in [-0.2, -0.15) is 0 Å². The van der Waals surface area contributed by atoms with Crippen LogP contribution in [0.3, 0.4) is 0 Å². The van der Waals surface area contributed by atoms with E-state index >= 15 is 0 Å². The Labute approximate surface area is 164 Å². The third-order valence-electron chi connectivity index (χ3n) is 5.19. The van der Waals surface area contributed by atoms with Crippen molar-refractivity contribution < 1.29 is 17.6 Å². The number of hydrogen-bond donors (Lipinski definition) is 1. The zero-order valence-electron chi connectivity index (χ0n) is 16.0. The van der Waals surface area contributed by atoms with Gasteiger partial charge >= 0.3 is 0 Å².